The summed E-state index contributed by atoms with van der Waals surface area (Å²) < 4.78 is 14.9. The lowest BCUT2D eigenvalue weighted by molar-refractivity contribution is -0.385. The topological polar surface area (TPSA) is 87.9 Å². The number of nitrogens with zero attached hydrogens (tertiary/aromatic N) is 1. The van der Waals surface area contributed by atoms with Gasteiger partial charge < -0.3 is 14.2 Å². The number of ether oxygens (including phenoxy) is 3. The van der Waals surface area contributed by atoms with Crippen molar-refractivity contribution in [3.8, 4) is 11.5 Å². The summed E-state index contributed by atoms with van der Waals surface area (Å²) in [5.41, 5.74) is -0.203. The number of benzene rings is 1. The highest BCUT2D eigenvalue weighted by molar-refractivity contribution is 9.09. The molecule has 0 aliphatic heterocycles. The Hall–Kier alpha value is -1.83. The van der Waals surface area contributed by atoms with E-state index in [1.165, 1.54) is 26.4 Å². The molecule has 0 amide bonds. The lowest BCUT2D eigenvalue weighted by Gasteiger charge is -2.12. The quantitative estimate of drug-likeness (QED) is 0.343. The average molecular weight is 334 g/mol. The van der Waals surface area contributed by atoms with Crippen molar-refractivity contribution >= 4 is 27.6 Å². The van der Waals surface area contributed by atoms with Gasteiger partial charge in [0.25, 0.3) is 0 Å². The number of hydrogen-bond donors (Lipinski definition) is 0. The van der Waals surface area contributed by atoms with E-state index in [-0.39, 0.29) is 29.4 Å². The van der Waals surface area contributed by atoms with Crippen LogP contribution in [-0.4, -0.2) is 37.0 Å². The fourth-order valence-corrected chi connectivity index (χ4v) is 1.61. The number of esters is 1. The Kier molecular flexibility index (Phi) is 5.56. The Morgan fingerprint density at radius 3 is 2.53 bits per heavy atom. The molecule has 19 heavy (non-hydrogen) atoms. The van der Waals surface area contributed by atoms with Crippen LogP contribution in [0.1, 0.15) is 10.4 Å². The van der Waals surface area contributed by atoms with Crippen LogP contribution in [0.15, 0.2) is 12.1 Å². The Morgan fingerprint density at radius 1 is 1.37 bits per heavy atom. The minimum Gasteiger partial charge on any atom is -0.492 e. The van der Waals surface area contributed by atoms with Crippen LogP contribution in [0.25, 0.3) is 0 Å². The van der Waals surface area contributed by atoms with E-state index in [0.717, 1.165) is 0 Å². The number of carbonyl (C=O) groups excluding carboxylic acids is 1. The smallest absolute Gasteiger partial charge is 0.341 e. The highest BCUT2D eigenvalue weighted by Gasteiger charge is 2.26. The van der Waals surface area contributed by atoms with Gasteiger partial charge in [-0.05, 0) is 6.07 Å². The molecule has 1 aromatic carbocycles. The van der Waals surface area contributed by atoms with Crippen molar-refractivity contribution in [2.45, 2.75) is 0 Å². The van der Waals surface area contributed by atoms with E-state index in [1.54, 1.807) is 0 Å². The normalized spacial score (nSPS) is 9.84. The zero-order valence-electron chi connectivity index (χ0n) is 10.3. The van der Waals surface area contributed by atoms with Crippen molar-refractivity contribution in [2.75, 3.05) is 26.2 Å². The van der Waals surface area contributed by atoms with Gasteiger partial charge in [0.05, 0.1) is 25.7 Å². The fourth-order valence-electron chi connectivity index (χ4n) is 1.45. The number of halogens is 1. The largest absolute Gasteiger partial charge is 0.492 e. The molecular formula is C11H12BrNO6. The summed E-state index contributed by atoms with van der Waals surface area (Å²) in [4.78, 5) is 21.9. The van der Waals surface area contributed by atoms with Gasteiger partial charge in [-0.25, -0.2) is 4.79 Å². The Balaban J connectivity index is 3.40. The van der Waals surface area contributed by atoms with Crippen LogP contribution in [-0.2, 0) is 4.74 Å². The number of rotatable bonds is 6. The number of methoxy groups -OCH3 is 2. The molecule has 0 aromatic heterocycles. The van der Waals surface area contributed by atoms with Crippen molar-refractivity contribution < 1.29 is 23.9 Å². The minimum atomic E-state index is -0.657. The number of nitro groups is 1. The fraction of sp³-hybridized carbons (Fsp3) is 0.364. The molecule has 0 saturated heterocycles. The molecule has 1 aromatic rings. The van der Waals surface area contributed by atoms with Crippen molar-refractivity contribution in [3.63, 3.8) is 0 Å². The van der Waals surface area contributed by atoms with Crippen molar-refractivity contribution in [1.29, 1.82) is 0 Å². The summed E-state index contributed by atoms with van der Waals surface area (Å²) >= 11 is 3.15. The van der Waals surface area contributed by atoms with E-state index < -0.39 is 10.9 Å². The monoisotopic (exact) mass is 333 g/mol. The van der Waals surface area contributed by atoms with Crippen molar-refractivity contribution in [1.82, 2.24) is 0 Å². The van der Waals surface area contributed by atoms with Gasteiger partial charge in [0.1, 0.15) is 5.56 Å². The second-order valence-electron chi connectivity index (χ2n) is 3.28. The third-order valence-corrected chi connectivity index (χ3v) is 2.54. The first-order chi connectivity index (χ1) is 9.06. The van der Waals surface area contributed by atoms with E-state index in [1.807, 2.05) is 0 Å². The zero-order valence-corrected chi connectivity index (χ0v) is 11.9. The second-order valence-corrected chi connectivity index (χ2v) is 4.07. The third-order valence-electron chi connectivity index (χ3n) is 2.22. The molecule has 0 fully saturated rings. The van der Waals surface area contributed by atoms with Crippen LogP contribution < -0.4 is 9.47 Å². The van der Waals surface area contributed by atoms with Gasteiger partial charge in [-0.2, -0.15) is 0 Å². The van der Waals surface area contributed by atoms with E-state index in [4.69, 9.17) is 9.47 Å². The highest BCUT2D eigenvalue weighted by atomic mass is 79.9. The molecule has 7 nitrogen and oxygen atoms in total. The first kappa shape index (κ1) is 15.2. The lowest BCUT2D eigenvalue weighted by Crippen LogP contribution is -2.09. The third kappa shape index (κ3) is 3.34. The van der Waals surface area contributed by atoms with Crippen LogP contribution in [0.5, 0.6) is 11.5 Å². The molecule has 0 bridgehead atoms. The van der Waals surface area contributed by atoms with Gasteiger partial charge in [0.15, 0.2) is 5.75 Å². The summed E-state index contributed by atoms with van der Waals surface area (Å²) in [6.07, 6.45) is 0. The van der Waals surface area contributed by atoms with Gasteiger partial charge >= 0.3 is 11.7 Å². The number of alkyl halides is 1. The minimum absolute atomic E-state index is 0.0120. The van der Waals surface area contributed by atoms with Crippen LogP contribution >= 0.6 is 15.9 Å². The predicted octanol–water partition coefficient (Wildman–Crippen LogP) is 2.16. The standard InChI is InChI=1S/C11H12BrNO6/c1-17-9-7(11(14)18-2)3-4-8(13(15)16)10(9)19-6-5-12/h3-4H,5-6H2,1-2H3. The van der Waals surface area contributed by atoms with Gasteiger partial charge in [0.2, 0.25) is 5.75 Å². The molecule has 0 spiro atoms. The molecule has 0 aliphatic carbocycles. The van der Waals surface area contributed by atoms with Gasteiger partial charge in [-0.3, -0.25) is 10.1 Å². The first-order valence-corrected chi connectivity index (χ1v) is 6.31. The van der Waals surface area contributed by atoms with Crippen LogP contribution in [0.4, 0.5) is 5.69 Å². The number of nitro benzene ring substituents is 1. The molecule has 8 heteroatoms. The summed E-state index contributed by atoms with van der Waals surface area (Å²) in [7, 11) is 2.51. The number of hydrogen-bond acceptors (Lipinski definition) is 6. The average Bonchev–Trinajstić information content (AvgIpc) is 2.42. The van der Waals surface area contributed by atoms with Gasteiger partial charge in [-0.15, -0.1) is 0 Å². The maximum atomic E-state index is 11.6. The zero-order chi connectivity index (χ0) is 14.4. The van der Waals surface area contributed by atoms with Gasteiger partial charge in [0, 0.05) is 11.4 Å². The molecule has 0 unspecified atom stereocenters. The van der Waals surface area contributed by atoms with Crippen molar-refractivity contribution in [3.05, 3.63) is 27.8 Å². The summed E-state index contributed by atoms with van der Waals surface area (Å²) in [5.74, 6) is -0.757. The second kappa shape index (κ2) is 6.93. The Bertz CT molecular complexity index is 490. The van der Waals surface area contributed by atoms with Crippen LogP contribution in [0.2, 0.25) is 0 Å². The van der Waals surface area contributed by atoms with Crippen LogP contribution in [0, 0.1) is 10.1 Å². The summed E-state index contributed by atoms with van der Waals surface area (Å²) in [5, 5.41) is 11.4. The number of carbonyl (C=O) groups is 1. The van der Waals surface area contributed by atoms with E-state index in [2.05, 4.69) is 20.7 Å². The maximum Gasteiger partial charge on any atom is 0.341 e. The van der Waals surface area contributed by atoms with E-state index in [0.29, 0.717) is 5.33 Å². The lowest BCUT2D eigenvalue weighted by atomic mass is 10.1. The van der Waals surface area contributed by atoms with E-state index >= 15 is 0 Å². The molecule has 104 valence electrons. The molecule has 1 rings (SSSR count). The molecule has 0 N–H and O–H groups in total. The van der Waals surface area contributed by atoms with E-state index in [9.17, 15) is 14.9 Å². The molecular weight excluding hydrogens is 322 g/mol. The molecule has 0 aliphatic rings. The highest BCUT2D eigenvalue weighted by Crippen LogP contribution is 2.40. The molecule has 0 radical (unpaired) electrons. The summed E-state index contributed by atoms with van der Waals surface area (Å²) in [6.45, 7) is 0.196. The van der Waals surface area contributed by atoms with Gasteiger partial charge in [-0.1, -0.05) is 15.9 Å². The Morgan fingerprint density at radius 2 is 2.05 bits per heavy atom. The maximum absolute atomic E-state index is 11.6. The SMILES string of the molecule is COC(=O)c1ccc([N+](=O)[O-])c(OCCBr)c1OC. The van der Waals surface area contributed by atoms with Crippen molar-refractivity contribution in [2.24, 2.45) is 0 Å². The van der Waals surface area contributed by atoms with Crippen LogP contribution in [0.3, 0.4) is 0 Å². The molecule has 0 atom stereocenters. The summed E-state index contributed by atoms with van der Waals surface area (Å²) in [6, 6.07) is 2.45. The molecule has 0 saturated carbocycles. The Labute approximate surface area is 117 Å². The molecule has 0 heterocycles. The first-order valence-electron chi connectivity index (χ1n) is 5.19. The predicted molar refractivity (Wildman–Crippen MR) is 70.3 cm³/mol.